The first-order valence-electron chi connectivity index (χ1n) is 4.97. The second-order valence-corrected chi connectivity index (χ2v) is 2.97. The third kappa shape index (κ3) is 4.13. The molecule has 0 saturated carbocycles. The lowest BCUT2D eigenvalue weighted by atomic mass is 10.2. The highest BCUT2D eigenvalue weighted by Crippen LogP contribution is 2.02. The highest BCUT2D eigenvalue weighted by Gasteiger charge is 2.06. The summed E-state index contributed by atoms with van der Waals surface area (Å²) in [6.45, 7) is 2.84. The zero-order valence-electron chi connectivity index (χ0n) is 9.01. The highest BCUT2D eigenvalue weighted by molar-refractivity contribution is 5.89. The van der Waals surface area contributed by atoms with Gasteiger partial charge in [0.15, 0.2) is 6.61 Å². The number of carbonyl (C=O) groups is 2. The van der Waals surface area contributed by atoms with Gasteiger partial charge in [0.2, 0.25) is 0 Å². The summed E-state index contributed by atoms with van der Waals surface area (Å²) in [7, 11) is 0. The van der Waals surface area contributed by atoms with E-state index in [-0.39, 0.29) is 12.6 Å². The van der Waals surface area contributed by atoms with Crippen LogP contribution >= 0.6 is 0 Å². The van der Waals surface area contributed by atoms with Gasteiger partial charge in [-0.15, -0.1) is 0 Å². The molecule has 0 bridgehead atoms. The SMILES string of the molecule is CCC(=O)OC[CH]OC(=O)c1ccccc1. The predicted octanol–water partition coefficient (Wildman–Crippen LogP) is 1.96. The van der Waals surface area contributed by atoms with Crippen molar-refractivity contribution >= 4 is 11.9 Å². The van der Waals surface area contributed by atoms with Crippen LogP contribution in [-0.2, 0) is 14.3 Å². The van der Waals surface area contributed by atoms with Gasteiger partial charge in [0, 0.05) is 6.42 Å². The van der Waals surface area contributed by atoms with E-state index in [0.717, 1.165) is 0 Å². The third-order valence-electron chi connectivity index (χ3n) is 1.80. The van der Waals surface area contributed by atoms with E-state index in [1.54, 1.807) is 31.2 Å². The van der Waals surface area contributed by atoms with Crippen molar-refractivity contribution in [2.75, 3.05) is 6.61 Å². The summed E-state index contributed by atoms with van der Waals surface area (Å²) in [4.78, 5) is 22.1. The van der Waals surface area contributed by atoms with Gasteiger partial charge in [-0.25, -0.2) is 4.79 Å². The quantitative estimate of drug-likeness (QED) is 0.563. The Bertz CT molecular complexity index is 345. The second-order valence-electron chi connectivity index (χ2n) is 2.97. The first-order valence-corrected chi connectivity index (χ1v) is 4.97. The normalized spacial score (nSPS) is 9.56. The van der Waals surface area contributed by atoms with Crippen LogP contribution in [0.25, 0.3) is 0 Å². The van der Waals surface area contributed by atoms with Crippen LogP contribution in [0.3, 0.4) is 0 Å². The van der Waals surface area contributed by atoms with Crippen LogP contribution in [0.5, 0.6) is 0 Å². The monoisotopic (exact) mass is 221 g/mol. The number of esters is 2. The molecular formula is C12H13O4. The zero-order chi connectivity index (χ0) is 11.8. The van der Waals surface area contributed by atoms with Crippen molar-refractivity contribution in [1.82, 2.24) is 0 Å². The molecule has 0 aliphatic carbocycles. The third-order valence-corrected chi connectivity index (χ3v) is 1.80. The fourth-order valence-corrected chi connectivity index (χ4v) is 0.981. The Kier molecular flexibility index (Phi) is 5.05. The van der Waals surface area contributed by atoms with Crippen LogP contribution < -0.4 is 0 Å². The van der Waals surface area contributed by atoms with E-state index in [4.69, 9.17) is 9.47 Å². The molecule has 0 heterocycles. The molecule has 0 fully saturated rings. The van der Waals surface area contributed by atoms with Gasteiger partial charge >= 0.3 is 11.9 Å². The average Bonchev–Trinajstić information content (AvgIpc) is 2.35. The van der Waals surface area contributed by atoms with Crippen molar-refractivity contribution in [3.05, 3.63) is 42.5 Å². The number of hydrogen-bond acceptors (Lipinski definition) is 4. The van der Waals surface area contributed by atoms with Crippen molar-refractivity contribution in [3.8, 4) is 0 Å². The van der Waals surface area contributed by atoms with Crippen LogP contribution in [0.2, 0.25) is 0 Å². The second kappa shape index (κ2) is 6.61. The predicted molar refractivity (Wildman–Crippen MR) is 57.4 cm³/mol. The van der Waals surface area contributed by atoms with E-state index in [2.05, 4.69) is 0 Å². The molecule has 1 aromatic rings. The molecule has 0 aromatic heterocycles. The Hall–Kier alpha value is -1.84. The molecule has 4 heteroatoms. The van der Waals surface area contributed by atoms with Gasteiger partial charge in [0.05, 0.1) is 5.56 Å². The molecule has 1 rings (SSSR count). The Labute approximate surface area is 94.2 Å². The molecule has 0 amide bonds. The summed E-state index contributed by atoms with van der Waals surface area (Å²) in [6.07, 6.45) is 0.306. The average molecular weight is 221 g/mol. The summed E-state index contributed by atoms with van der Waals surface area (Å²) >= 11 is 0. The molecule has 0 atom stereocenters. The minimum absolute atomic E-state index is 0.0226. The summed E-state index contributed by atoms with van der Waals surface area (Å²) in [5.74, 6) is -0.792. The zero-order valence-corrected chi connectivity index (χ0v) is 9.01. The molecule has 0 unspecified atom stereocenters. The molecule has 4 nitrogen and oxygen atoms in total. The number of hydrogen-bond donors (Lipinski definition) is 0. The van der Waals surface area contributed by atoms with Crippen LogP contribution in [0.4, 0.5) is 0 Å². The summed E-state index contributed by atoms with van der Waals surface area (Å²) in [5, 5.41) is 0. The smallest absolute Gasteiger partial charge is 0.338 e. The lowest BCUT2D eigenvalue weighted by Gasteiger charge is -2.04. The first-order chi connectivity index (χ1) is 7.74. The van der Waals surface area contributed by atoms with E-state index >= 15 is 0 Å². The van der Waals surface area contributed by atoms with Crippen LogP contribution in [0, 0.1) is 6.61 Å². The van der Waals surface area contributed by atoms with Gasteiger partial charge in [0.25, 0.3) is 0 Å². The van der Waals surface area contributed by atoms with E-state index in [0.29, 0.717) is 12.0 Å². The first kappa shape index (κ1) is 12.2. The molecule has 1 radical (unpaired) electrons. The lowest BCUT2D eigenvalue weighted by Crippen LogP contribution is -2.09. The number of rotatable bonds is 5. The van der Waals surface area contributed by atoms with Gasteiger partial charge < -0.3 is 9.47 Å². The maximum absolute atomic E-state index is 11.4. The Morgan fingerprint density at radius 3 is 2.56 bits per heavy atom. The topological polar surface area (TPSA) is 52.6 Å². The van der Waals surface area contributed by atoms with Gasteiger partial charge in [0.1, 0.15) is 6.61 Å². The van der Waals surface area contributed by atoms with Crippen molar-refractivity contribution in [2.24, 2.45) is 0 Å². The molecule has 0 N–H and O–H groups in total. The molecule has 0 aliphatic rings. The molecule has 0 saturated heterocycles. The minimum atomic E-state index is -0.465. The maximum Gasteiger partial charge on any atom is 0.338 e. The van der Waals surface area contributed by atoms with Crippen molar-refractivity contribution in [1.29, 1.82) is 0 Å². The standard InChI is InChI=1S/C12H13O4/c1-2-11(13)15-8-9-16-12(14)10-6-4-3-5-7-10/h3-7,9H,2,8H2,1H3. The van der Waals surface area contributed by atoms with E-state index in [1.807, 2.05) is 6.07 Å². The lowest BCUT2D eigenvalue weighted by molar-refractivity contribution is -0.143. The van der Waals surface area contributed by atoms with Crippen LogP contribution in [-0.4, -0.2) is 18.5 Å². The van der Waals surface area contributed by atoms with Gasteiger partial charge in [-0.3, -0.25) is 4.79 Å². The molecular weight excluding hydrogens is 208 g/mol. The molecule has 0 spiro atoms. The highest BCUT2D eigenvalue weighted by atomic mass is 16.6. The largest absolute Gasteiger partial charge is 0.462 e. The van der Waals surface area contributed by atoms with Crippen LogP contribution in [0.1, 0.15) is 23.7 Å². The molecule has 0 aliphatic heterocycles. The Balaban J connectivity index is 2.24. The van der Waals surface area contributed by atoms with Gasteiger partial charge in [-0.1, -0.05) is 25.1 Å². The van der Waals surface area contributed by atoms with Gasteiger partial charge in [-0.2, -0.15) is 0 Å². The number of benzene rings is 1. The van der Waals surface area contributed by atoms with E-state index in [1.165, 1.54) is 6.61 Å². The number of carbonyl (C=O) groups excluding carboxylic acids is 2. The Morgan fingerprint density at radius 2 is 1.94 bits per heavy atom. The molecule has 85 valence electrons. The number of ether oxygens (including phenoxy) is 2. The Morgan fingerprint density at radius 1 is 1.25 bits per heavy atom. The summed E-state index contributed by atoms with van der Waals surface area (Å²) in [6, 6.07) is 8.59. The fraction of sp³-hybridized carbons (Fsp3) is 0.250. The molecule has 16 heavy (non-hydrogen) atoms. The van der Waals surface area contributed by atoms with Crippen molar-refractivity contribution in [3.63, 3.8) is 0 Å². The van der Waals surface area contributed by atoms with Gasteiger partial charge in [-0.05, 0) is 12.1 Å². The van der Waals surface area contributed by atoms with Crippen LogP contribution in [0.15, 0.2) is 30.3 Å². The fourth-order valence-electron chi connectivity index (χ4n) is 0.981. The van der Waals surface area contributed by atoms with Crippen molar-refractivity contribution in [2.45, 2.75) is 13.3 Å². The summed E-state index contributed by atoms with van der Waals surface area (Å²) < 4.78 is 9.49. The maximum atomic E-state index is 11.4. The summed E-state index contributed by atoms with van der Waals surface area (Å²) in [5.41, 5.74) is 0.459. The van der Waals surface area contributed by atoms with Crippen molar-refractivity contribution < 1.29 is 19.1 Å². The molecule has 1 aromatic carbocycles. The van der Waals surface area contributed by atoms with E-state index < -0.39 is 5.97 Å². The van der Waals surface area contributed by atoms with E-state index in [9.17, 15) is 9.59 Å². The minimum Gasteiger partial charge on any atom is -0.462 e.